The molecule has 0 amide bonds. The average molecular weight is 267 g/mol. The number of benzene rings is 1. The van der Waals surface area contributed by atoms with Gasteiger partial charge in [0.15, 0.2) is 0 Å². The highest BCUT2D eigenvalue weighted by Crippen LogP contribution is 2.20. The van der Waals surface area contributed by atoms with Crippen molar-refractivity contribution < 1.29 is 0 Å². The molecule has 0 saturated carbocycles. The highest BCUT2D eigenvalue weighted by atomic mass is 15.1. The summed E-state index contributed by atoms with van der Waals surface area (Å²) in [4.78, 5) is 13.6. The van der Waals surface area contributed by atoms with Crippen molar-refractivity contribution in [3.8, 4) is 0 Å². The molecule has 1 atom stereocenters. The molecule has 1 N–H and O–H groups in total. The Morgan fingerprint density at radius 1 is 1.20 bits per heavy atom. The molecule has 0 aliphatic heterocycles. The Hall–Kier alpha value is -2.27. The maximum atomic E-state index is 4.70. The molecule has 3 rings (SSSR count). The zero-order chi connectivity index (χ0) is 13.9. The topological polar surface area (TPSA) is 55.6 Å². The molecule has 0 aliphatic carbocycles. The van der Waals surface area contributed by atoms with Gasteiger partial charge >= 0.3 is 0 Å². The van der Waals surface area contributed by atoms with E-state index in [9.17, 15) is 0 Å². The molecule has 102 valence electrons. The van der Waals surface area contributed by atoms with E-state index in [0.717, 1.165) is 29.1 Å². The molecule has 0 bridgehead atoms. The zero-order valence-corrected chi connectivity index (χ0v) is 11.6. The average Bonchev–Trinajstić information content (AvgIpc) is 2.96. The number of hydrogen-bond acceptors (Lipinski definition) is 4. The number of para-hydroxylation sites is 2. The van der Waals surface area contributed by atoms with Crippen molar-refractivity contribution in [2.45, 2.75) is 19.5 Å². The largest absolute Gasteiger partial charge is 0.334 e. The fourth-order valence-electron chi connectivity index (χ4n) is 2.37. The van der Waals surface area contributed by atoms with Gasteiger partial charge in [-0.2, -0.15) is 0 Å². The summed E-state index contributed by atoms with van der Waals surface area (Å²) in [5, 5.41) is 3.27. The summed E-state index contributed by atoms with van der Waals surface area (Å²) in [6, 6.07) is 7.83. The third-order valence-corrected chi connectivity index (χ3v) is 3.40. The van der Waals surface area contributed by atoms with E-state index in [0.29, 0.717) is 0 Å². The van der Waals surface area contributed by atoms with Crippen molar-refractivity contribution in [3.05, 3.63) is 54.4 Å². The van der Waals surface area contributed by atoms with Crippen LogP contribution in [0.2, 0.25) is 0 Å². The van der Waals surface area contributed by atoms with Crippen molar-refractivity contribution in [3.63, 3.8) is 0 Å². The summed E-state index contributed by atoms with van der Waals surface area (Å²) < 4.78 is 2.11. The second-order valence-corrected chi connectivity index (χ2v) is 4.58. The minimum absolute atomic E-state index is 0.0537. The molecule has 3 aromatic rings. The molecule has 1 aromatic carbocycles. The molecule has 0 aliphatic rings. The Morgan fingerprint density at radius 2 is 2.00 bits per heavy atom. The molecule has 5 heteroatoms. The van der Waals surface area contributed by atoms with E-state index < -0.39 is 0 Å². The highest BCUT2D eigenvalue weighted by Gasteiger charge is 2.19. The second kappa shape index (κ2) is 5.38. The summed E-state index contributed by atoms with van der Waals surface area (Å²) in [6.45, 7) is 2.98. The molecule has 0 radical (unpaired) electrons. The number of imidazole rings is 1. The highest BCUT2D eigenvalue weighted by molar-refractivity contribution is 5.73. The normalized spacial score (nSPS) is 12.7. The first-order chi connectivity index (χ1) is 9.83. The van der Waals surface area contributed by atoms with Gasteiger partial charge in [0.05, 0.1) is 22.9 Å². The van der Waals surface area contributed by atoms with E-state index in [4.69, 9.17) is 4.98 Å². The number of nitrogens with zero attached hydrogens (tertiary/aromatic N) is 4. The van der Waals surface area contributed by atoms with Crippen LogP contribution in [-0.4, -0.2) is 26.6 Å². The number of hydrogen-bond donors (Lipinski definition) is 1. The summed E-state index contributed by atoms with van der Waals surface area (Å²) in [5.41, 5.74) is 2.69. The van der Waals surface area contributed by atoms with Crippen LogP contribution in [0.3, 0.4) is 0 Å². The van der Waals surface area contributed by atoms with Crippen molar-refractivity contribution in [2.75, 3.05) is 7.05 Å². The third-order valence-electron chi connectivity index (χ3n) is 3.40. The summed E-state index contributed by atoms with van der Waals surface area (Å²) in [7, 11) is 1.91. The molecular formula is C15H17N5. The lowest BCUT2D eigenvalue weighted by molar-refractivity contribution is 0.579. The summed E-state index contributed by atoms with van der Waals surface area (Å²) >= 11 is 0. The second-order valence-electron chi connectivity index (χ2n) is 4.58. The van der Waals surface area contributed by atoms with Gasteiger partial charge in [-0.3, -0.25) is 4.98 Å². The van der Waals surface area contributed by atoms with Gasteiger partial charge in [0.25, 0.3) is 0 Å². The molecule has 2 aromatic heterocycles. The smallest absolute Gasteiger partial charge is 0.132 e. The SMILES string of the molecule is CCn1ccnc1C(NC)c1cnc2ccccc2n1. The van der Waals surface area contributed by atoms with Crippen molar-refractivity contribution in [1.29, 1.82) is 0 Å². The number of fused-ring (bicyclic) bond motifs is 1. The van der Waals surface area contributed by atoms with Crippen LogP contribution in [0.1, 0.15) is 24.5 Å². The van der Waals surface area contributed by atoms with Gasteiger partial charge in [0, 0.05) is 18.9 Å². The molecule has 5 nitrogen and oxygen atoms in total. The monoisotopic (exact) mass is 267 g/mol. The summed E-state index contributed by atoms with van der Waals surface area (Å²) in [5.74, 6) is 0.958. The maximum absolute atomic E-state index is 4.70. The first-order valence-corrected chi connectivity index (χ1v) is 6.73. The van der Waals surface area contributed by atoms with E-state index in [2.05, 4.69) is 26.8 Å². The van der Waals surface area contributed by atoms with Crippen LogP contribution in [0.4, 0.5) is 0 Å². The van der Waals surface area contributed by atoms with Gasteiger partial charge in [0.1, 0.15) is 11.9 Å². The Balaban J connectivity index is 2.07. The van der Waals surface area contributed by atoms with Crippen LogP contribution in [0.25, 0.3) is 11.0 Å². The molecular weight excluding hydrogens is 250 g/mol. The zero-order valence-electron chi connectivity index (χ0n) is 11.6. The van der Waals surface area contributed by atoms with Crippen molar-refractivity contribution >= 4 is 11.0 Å². The predicted molar refractivity (Wildman–Crippen MR) is 78.3 cm³/mol. The first-order valence-electron chi connectivity index (χ1n) is 6.73. The minimum Gasteiger partial charge on any atom is -0.334 e. The molecule has 1 unspecified atom stereocenters. The molecule has 0 fully saturated rings. The fourth-order valence-corrected chi connectivity index (χ4v) is 2.37. The van der Waals surface area contributed by atoms with E-state index in [1.54, 1.807) is 0 Å². The number of rotatable bonds is 4. The minimum atomic E-state index is -0.0537. The molecule has 0 saturated heterocycles. The van der Waals surface area contributed by atoms with E-state index in [1.165, 1.54) is 0 Å². The maximum Gasteiger partial charge on any atom is 0.132 e. The van der Waals surface area contributed by atoms with Crippen LogP contribution in [0.15, 0.2) is 42.9 Å². The van der Waals surface area contributed by atoms with Gasteiger partial charge in [-0.05, 0) is 26.1 Å². The molecule has 2 heterocycles. The quantitative estimate of drug-likeness (QED) is 0.787. The Kier molecular flexibility index (Phi) is 3.43. The lowest BCUT2D eigenvalue weighted by atomic mass is 10.2. The lowest BCUT2D eigenvalue weighted by Gasteiger charge is -2.16. The predicted octanol–water partition coefficient (Wildman–Crippen LogP) is 2.16. The van der Waals surface area contributed by atoms with Crippen molar-refractivity contribution in [1.82, 2.24) is 24.8 Å². The van der Waals surface area contributed by atoms with Crippen LogP contribution >= 0.6 is 0 Å². The first kappa shape index (κ1) is 12.7. The van der Waals surface area contributed by atoms with Crippen LogP contribution in [0.5, 0.6) is 0 Å². The van der Waals surface area contributed by atoms with Gasteiger partial charge in [-0.1, -0.05) is 12.1 Å². The standard InChI is InChI=1S/C15H17N5/c1-3-20-9-8-17-15(20)14(16-2)13-10-18-11-6-4-5-7-12(11)19-13/h4-10,14,16H,3H2,1-2H3. The number of nitrogens with one attached hydrogen (secondary N) is 1. The van der Waals surface area contributed by atoms with Crippen LogP contribution < -0.4 is 5.32 Å². The number of aryl methyl sites for hydroxylation is 1. The van der Waals surface area contributed by atoms with Gasteiger partial charge in [-0.25, -0.2) is 9.97 Å². The van der Waals surface area contributed by atoms with Gasteiger partial charge in [0.2, 0.25) is 0 Å². The fraction of sp³-hybridized carbons (Fsp3) is 0.267. The molecule has 0 spiro atoms. The van der Waals surface area contributed by atoms with Crippen LogP contribution in [0, 0.1) is 0 Å². The lowest BCUT2D eigenvalue weighted by Crippen LogP contribution is -2.23. The van der Waals surface area contributed by atoms with Gasteiger partial charge < -0.3 is 9.88 Å². The third kappa shape index (κ3) is 2.16. The Bertz CT molecular complexity index is 719. The van der Waals surface area contributed by atoms with E-state index in [-0.39, 0.29) is 6.04 Å². The van der Waals surface area contributed by atoms with E-state index >= 15 is 0 Å². The number of aromatic nitrogens is 4. The van der Waals surface area contributed by atoms with Crippen molar-refractivity contribution in [2.24, 2.45) is 0 Å². The summed E-state index contributed by atoms with van der Waals surface area (Å²) in [6.07, 6.45) is 5.62. The Labute approximate surface area is 117 Å². The van der Waals surface area contributed by atoms with E-state index in [1.807, 2.05) is 49.9 Å². The molecule has 20 heavy (non-hydrogen) atoms. The Morgan fingerprint density at radius 3 is 2.75 bits per heavy atom. The van der Waals surface area contributed by atoms with Gasteiger partial charge in [-0.15, -0.1) is 0 Å². The van der Waals surface area contributed by atoms with Crippen LogP contribution in [-0.2, 0) is 6.54 Å².